The molecule has 0 heterocycles. The van der Waals surface area contributed by atoms with E-state index in [1.165, 1.54) is 0 Å². The molecule has 3 aromatic rings. The first-order chi connectivity index (χ1) is 12.6. The van der Waals surface area contributed by atoms with Gasteiger partial charge in [-0.15, -0.1) is 0 Å². The molecule has 128 valence electrons. The summed E-state index contributed by atoms with van der Waals surface area (Å²) in [6.45, 7) is 7.51. The van der Waals surface area contributed by atoms with E-state index >= 15 is 0 Å². The summed E-state index contributed by atoms with van der Waals surface area (Å²) >= 11 is 0. The number of benzene rings is 3. The molecule has 0 aliphatic rings. The van der Waals surface area contributed by atoms with Crippen LogP contribution in [-0.4, -0.2) is 10.2 Å². The number of hydrogen-bond acceptors (Lipinski definition) is 2. The Morgan fingerprint density at radius 3 is 2.04 bits per heavy atom. The van der Waals surface area contributed by atoms with E-state index in [-0.39, 0.29) is 11.5 Å². The fourth-order valence-corrected chi connectivity index (χ4v) is 2.91. The van der Waals surface area contributed by atoms with Crippen LogP contribution in [-0.2, 0) is 0 Å². The molecular weight excluding hydrogens is 320 g/mol. The van der Waals surface area contributed by atoms with Gasteiger partial charge in [-0.3, -0.25) is 0 Å². The minimum atomic E-state index is 0.184. The van der Waals surface area contributed by atoms with Gasteiger partial charge in [0.2, 0.25) is 0 Å². The largest absolute Gasteiger partial charge is 0.507 e. The standard InChI is InChI=1S/C24H20O2/c1-3-8-17(4-2)21-15-19(11-13-23(21)25)20-12-14-24(26)22(16-20)18-9-6-5-7-10-18/h3-16,25-26H,1-2H2/b17-8+. The van der Waals surface area contributed by atoms with Crippen molar-refractivity contribution in [1.82, 2.24) is 0 Å². The Bertz CT molecular complexity index is 982. The van der Waals surface area contributed by atoms with Crippen molar-refractivity contribution in [2.24, 2.45) is 0 Å². The second-order valence-electron chi connectivity index (χ2n) is 5.89. The van der Waals surface area contributed by atoms with E-state index < -0.39 is 0 Å². The van der Waals surface area contributed by atoms with Crippen molar-refractivity contribution in [3.05, 3.63) is 104 Å². The quantitative estimate of drug-likeness (QED) is 0.544. The van der Waals surface area contributed by atoms with E-state index in [0.717, 1.165) is 27.8 Å². The summed E-state index contributed by atoms with van der Waals surface area (Å²) in [5.74, 6) is 0.418. The molecule has 26 heavy (non-hydrogen) atoms. The SMILES string of the molecule is C=C/C=C(\C=C)c1cc(-c2ccc(O)c(-c3ccccc3)c2)ccc1O. The summed E-state index contributed by atoms with van der Waals surface area (Å²) in [5, 5.41) is 20.5. The van der Waals surface area contributed by atoms with Gasteiger partial charge in [0, 0.05) is 11.1 Å². The maximum atomic E-state index is 10.3. The van der Waals surface area contributed by atoms with Crippen molar-refractivity contribution < 1.29 is 10.2 Å². The summed E-state index contributed by atoms with van der Waals surface area (Å²) in [4.78, 5) is 0. The molecule has 2 N–H and O–H groups in total. The van der Waals surface area contributed by atoms with Gasteiger partial charge in [0.05, 0.1) is 0 Å². The normalized spacial score (nSPS) is 11.2. The topological polar surface area (TPSA) is 40.5 Å². The van der Waals surface area contributed by atoms with Crippen LogP contribution in [0.3, 0.4) is 0 Å². The zero-order valence-corrected chi connectivity index (χ0v) is 14.4. The third-order valence-corrected chi connectivity index (χ3v) is 4.24. The Labute approximate surface area is 153 Å². The zero-order valence-electron chi connectivity index (χ0n) is 14.4. The van der Waals surface area contributed by atoms with Crippen molar-refractivity contribution in [3.8, 4) is 33.8 Å². The van der Waals surface area contributed by atoms with Crippen LogP contribution in [0.4, 0.5) is 0 Å². The van der Waals surface area contributed by atoms with Gasteiger partial charge < -0.3 is 10.2 Å². The molecule has 0 aliphatic heterocycles. The fraction of sp³-hybridized carbons (Fsp3) is 0. The molecule has 0 saturated carbocycles. The van der Waals surface area contributed by atoms with E-state index in [9.17, 15) is 10.2 Å². The monoisotopic (exact) mass is 340 g/mol. The molecule has 0 fully saturated rings. The van der Waals surface area contributed by atoms with Crippen LogP contribution >= 0.6 is 0 Å². The summed E-state index contributed by atoms with van der Waals surface area (Å²) in [6.07, 6.45) is 5.15. The van der Waals surface area contributed by atoms with Crippen LogP contribution in [0.1, 0.15) is 5.56 Å². The van der Waals surface area contributed by atoms with Crippen LogP contribution in [0.25, 0.3) is 27.8 Å². The molecule has 0 saturated heterocycles. The number of rotatable bonds is 5. The fourth-order valence-electron chi connectivity index (χ4n) is 2.91. The smallest absolute Gasteiger partial charge is 0.123 e. The lowest BCUT2D eigenvalue weighted by Gasteiger charge is -2.11. The molecule has 2 heteroatoms. The van der Waals surface area contributed by atoms with Crippen LogP contribution in [0.2, 0.25) is 0 Å². The van der Waals surface area contributed by atoms with Gasteiger partial charge in [-0.25, -0.2) is 0 Å². The Morgan fingerprint density at radius 1 is 0.731 bits per heavy atom. The molecule has 3 aromatic carbocycles. The predicted octanol–water partition coefficient (Wildman–Crippen LogP) is 6.19. The molecule has 0 aliphatic carbocycles. The van der Waals surface area contributed by atoms with E-state index in [1.807, 2.05) is 54.6 Å². The van der Waals surface area contributed by atoms with Crippen LogP contribution in [0.5, 0.6) is 11.5 Å². The minimum absolute atomic E-state index is 0.184. The summed E-state index contributed by atoms with van der Waals surface area (Å²) in [7, 11) is 0. The lowest BCUT2D eigenvalue weighted by molar-refractivity contribution is 0.473. The lowest BCUT2D eigenvalue weighted by atomic mass is 9.95. The molecule has 0 spiro atoms. The second-order valence-corrected chi connectivity index (χ2v) is 5.89. The highest BCUT2D eigenvalue weighted by atomic mass is 16.3. The number of allylic oxidation sites excluding steroid dienone is 4. The first-order valence-corrected chi connectivity index (χ1v) is 8.31. The van der Waals surface area contributed by atoms with Gasteiger partial charge in [-0.2, -0.15) is 0 Å². The Hall–Kier alpha value is -3.52. The third-order valence-electron chi connectivity index (χ3n) is 4.24. The highest BCUT2D eigenvalue weighted by Gasteiger charge is 2.10. The first kappa shape index (κ1) is 17.3. The van der Waals surface area contributed by atoms with Gasteiger partial charge in [-0.05, 0) is 46.5 Å². The van der Waals surface area contributed by atoms with E-state index in [4.69, 9.17) is 0 Å². The third kappa shape index (κ3) is 3.45. The highest BCUT2D eigenvalue weighted by Crippen LogP contribution is 2.36. The Balaban J connectivity index is 2.12. The van der Waals surface area contributed by atoms with Gasteiger partial charge in [-0.1, -0.05) is 73.9 Å². The van der Waals surface area contributed by atoms with Gasteiger partial charge in [0.1, 0.15) is 11.5 Å². The van der Waals surface area contributed by atoms with Crippen LogP contribution < -0.4 is 0 Å². The predicted molar refractivity (Wildman–Crippen MR) is 109 cm³/mol. The Morgan fingerprint density at radius 2 is 1.38 bits per heavy atom. The Kier molecular flexibility index (Phi) is 5.04. The number of phenols is 2. The number of hydrogen-bond donors (Lipinski definition) is 2. The highest BCUT2D eigenvalue weighted by molar-refractivity contribution is 5.83. The minimum Gasteiger partial charge on any atom is -0.507 e. The lowest BCUT2D eigenvalue weighted by Crippen LogP contribution is -1.87. The van der Waals surface area contributed by atoms with Crippen LogP contribution in [0.15, 0.2) is 98.1 Å². The van der Waals surface area contributed by atoms with Crippen molar-refractivity contribution in [1.29, 1.82) is 0 Å². The average molecular weight is 340 g/mol. The summed E-state index contributed by atoms with van der Waals surface area (Å²) in [6, 6.07) is 20.7. The summed E-state index contributed by atoms with van der Waals surface area (Å²) in [5.41, 5.74) is 5.08. The molecule has 0 radical (unpaired) electrons. The van der Waals surface area contributed by atoms with E-state index in [2.05, 4.69) is 13.2 Å². The molecule has 0 unspecified atom stereocenters. The summed E-state index contributed by atoms with van der Waals surface area (Å²) < 4.78 is 0. The van der Waals surface area contributed by atoms with E-state index in [1.54, 1.807) is 30.4 Å². The van der Waals surface area contributed by atoms with Gasteiger partial charge in [0.25, 0.3) is 0 Å². The molecule has 0 atom stereocenters. The molecule has 0 bridgehead atoms. The molecule has 0 amide bonds. The van der Waals surface area contributed by atoms with E-state index in [0.29, 0.717) is 5.56 Å². The van der Waals surface area contributed by atoms with Gasteiger partial charge in [0.15, 0.2) is 0 Å². The molecule has 2 nitrogen and oxygen atoms in total. The van der Waals surface area contributed by atoms with Crippen molar-refractivity contribution in [3.63, 3.8) is 0 Å². The number of phenolic OH excluding ortho intramolecular Hbond substituents is 2. The average Bonchev–Trinajstić information content (AvgIpc) is 2.68. The molecule has 3 rings (SSSR count). The maximum Gasteiger partial charge on any atom is 0.123 e. The van der Waals surface area contributed by atoms with Crippen molar-refractivity contribution >= 4 is 5.57 Å². The first-order valence-electron chi connectivity index (χ1n) is 8.31. The van der Waals surface area contributed by atoms with Crippen molar-refractivity contribution in [2.45, 2.75) is 0 Å². The molecule has 0 aromatic heterocycles. The molecular formula is C24H20O2. The van der Waals surface area contributed by atoms with Crippen molar-refractivity contribution in [2.75, 3.05) is 0 Å². The zero-order chi connectivity index (χ0) is 18.5. The second kappa shape index (κ2) is 7.58. The maximum absolute atomic E-state index is 10.3. The van der Waals surface area contributed by atoms with Crippen LogP contribution in [0, 0.1) is 0 Å². The number of aromatic hydroxyl groups is 2. The van der Waals surface area contributed by atoms with Gasteiger partial charge >= 0.3 is 0 Å².